The summed E-state index contributed by atoms with van der Waals surface area (Å²) in [6.07, 6.45) is 4.24. The van der Waals surface area contributed by atoms with Crippen molar-refractivity contribution in [1.82, 2.24) is 4.98 Å². The van der Waals surface area contributed by atoms with Crippen molar-refractivity contribution in [3.05, 3.63) is 30.1 Å². The number of halogens is 1. The van der Waals surface area contributed by atoms with E-state index < -0.39 is 0 Å². The second-order valence-corrected chi connectivity index (χ2v) is 4.70. The van der Waals surface area contributed by atoms with Crippen LogP contribution in [0.2, 0.25) is 0 Å². The molecule has 1 aromatic heterocycles. The van der Waals surface area contributed by atoms with Crippen LogP contribution in [0.1, 0.15) is 19.4 Å². The molecule has 1 rings (SSSR count). The fraction of sp³-hybridized carbons (Fsp3) is 0.455. The second kappa shape index (κ2) is 5.25. The van der Waals surface area contributed by atoms with Crippen molar-refractivity contribution in [2.24, 2.45) is 5.92 Å². The topological polar surface area (TPSA) is 30.0 Å². The minimum Gasteiger partial charge on any atom is -0.298 e. The molecule has 1 atom stereocenters. The third kappa shape index (κ3) is 3.22. The molecule has 0 saturated carbocycles. The Morgan fingerprint density at radius 1 is 1.57 bits per heavy atom. The molecule has 0 radical (unpaired) electrons. The molecular weight excluding hydrogens is 242 g/mol. The predicted octanol–water partition coefficient (Wildman–Crippen LogP) is 2.61. The largest absolute Gasteiger partial charge is 0.298 e. The fourth-order valence-electron chi connectivity index (χ4n) is 1.19. The van der Waals surface area contributed by atoms with Crippen molar-refractivity contribution in [1.29, 1.82) is 0 Å². The Balaban J connectivity index is 2.57. The number of carbonyl (C=O) groups excluding carboxylic acids is 1. The average molecular weight is 256 g/mol. The number of Topliss-reactive ketones (excluding diaryl/α,β-unsaturated/α-hetero) is 1. The van der Waals surface area contributed by atoms with Gasteiger partial charge in [-0.3, -0.25) is 9.78 Å². The molecule has 76 valence electrons. The van der Waals surface area contributed by atoms with Crippen LogP contribution >= 0.6 is 15.9 Å². The Hall–Kier alpha value is -0.700. The van der Waals surface area contributed by atoms with Crippen LogP contribution in [-0.2, 0) is 11.2 Å². The minimum absolute atomic E-state index is 0.0797. The van der Waals surface area contributed by atoms with Crippen LogP contribution in [0.15, 0.2) is 24.5 Å². The lowest BCUT2D eigenvalue weighted by Crippen LogP contribution is -2.21. The highest BCUT2D eigenvalue weighted by molar-refractivity contribution is 9.10. The van der Waals surface area contributed by atoms with Crippen LogP contribution in [0.5, 0.6) is 0 Å². The first-order chi connectivity index (χ1) is 6.61. The van der Waals surface area contributed by atoms with Crippen molar-refractivity contribution in [3.63, 3.8) is 0 Å². The highest BCUT2D eigenvalue weighted by Crippen LogP contribution is 2.14. The fourth-order valence-corrected chi connectivity index (χ4v) is 2.09. The van der Waals surface area contributed by atoms with E-state index in [-0.39, 0.29) is 16.5 Å². The monoisotopic (exact) mass is 255 g/mol. The Bertz CT molecular complexity index is 297. The number of ketones is 1. The lowest BCUT2D eigenvalue weighted by Gasteiger charge is -2.10. The molecule has 0 N–H and O–H groups in total. The molecular formula is C11H14BrNO. The molecule has 0 saturated heterocycles. The maximum absolute atomic E-state index is 11.6. The van der Waals surface area contributed by atoms with Gasteiger partial charge in [0.25, 0.3) is 0 Å². The van der Waals surface area contributed by atoms with Gasteiger partial charge in [-0.1, -0.05) is 35.8 Å². The Morgan fingerprint density at radius 2 is 2.29 bits per heavy atom. The third-order valence-electron chi connectivity index (χ3n) is 2.02. The molecule has 3 heteroatoms. The van der Waals surface area contributed by atoms with Crippen LogP contribution < -0.4 is 0 Å². The quantitative estimate of drug-likeness (QED) is 0.775. The van der Waals surface area contributed by atoms with Crippen LogP contribution in [0.3, 0.4) is 0 Å². The molecule has 1 unspecified atom stereocenters. The number of pyridine rings is 1. The van der Waals surface area contributed by atoms with Crippen molar-refractivity contribution < 1.29 is 4.79 Å². The van der Waals surface area contributed by atoms with Gasteiger partial charge in [0.1, 0.15) is 5.78 Å². The van der Waals surface area contributed by atoms with Gasteiger partial charge < -0.3 is 0 Å². The molecule has 0 bridgehead atoms. The number of hydrogen-bond acceptors (Lipinski definition) is 2. The number of nitrogens with zero attached hydrogens (tertiary/aromatic N) is 1. The van der Waals surface area contributed by atoms with E-state index in [0.29, 0.717) is 6.42 Å². The van der Waals surface area contributed by atoms with Crippen LogP contribution in [0.25, 0.3) is 0 Å². The highest BCUT2D eigenvalue weighted by atomic mass is 79.9. The second-order valence-electron chi connectivity index (χ2n) is 3.59. The summed E-state index contributed by atoms with van der Waals surface area (Å²) in [4.78, 5) is 15.5. The lowest BCUT2D eigenvalue weighted by atomic mass is 10.0. The zero-order valence-electron chi connectivity index (χ0n) is 8.40. The van der Waals surface area contributed by atoms with Crippen molar-refractivity contribution in [3.8, 4) is 0 Å². The lowest BCUT2D eigenvalue weighted by molar-refractivity contribution is -0.121. The van der Waals surface area contributed by atoms with E-state index in [1.807, 2.05) is 26.0 Å². The van der Waals surface area contributed by atoms with Gasteiger partial charge in [-0.25, -0.2) is 0 Å². The standard InChI is InChI=1S/C11H14BrNO/c1-8(2)11(14)10(12)6-9-4-3-5-13-7-9/h3-5,7-8,10H,6H2,1-2H3. The molecule has 0 amide bonds. The van der Waals surface area contributed by atoms with Gasteiger partial charge in [-0.15, -0.1) is 0 Å². The number of carbonyl (C=O) groups is 1. The molecule has 2 nitrogen and oxygen atoms in total. The zero-order valence-corrected chi connectivity index (χ0v) is 9.99. The number of hydrogen-bond donors (Lipinski definition) is 0. The molecule has 0 aliphatic heterocycles. The molecule has 14 heavy (non-hydrogen) atoms. The van der Waals surface area contributed by atoms with E-state index >= 15 is 0 Å². The van der Waals surface area contributed by atoms with Crippen molar-refractivity contribution in [2.75, 3.05) is 0 Å². The van der Waals surface area contributed by atoms with E-state index in [1.54, 1.807) is 12.4 Å². The summed E-state index contributed by atoms with van der Waals surface area (Å²) < 4.78 is 0. The maximum atomic E-state index is 11.6. The summed E-state index contributed by atoms with van der Waals surface area (Å²) in [5, 5.41) is 0. The maximum Gasteiger partial charge on any atom is 0.149 e. The van der Waals surface area contributed by atoms with Gasteiger partial charge in [0.2, 0.25) is 0 Å². The summed E-state index contributed by atoms with van der Waals surface area (Å²) in [6.45, 7) is 3.83. The van der Waals surface area contributed by atoms with E-state index in [0.717, 1.165) is 5.56 Å². The van der Waals surface area contributed by atoms with E-state index in [4.69, 9.17) is 0 Å². The van der Waals surface area contributed by atoms with E-state index in [9.17, 15) is 4.79 Å². The van der Waals surface area contributed by atoms with Crippen LogP contribution in [0, 0.1) is 5.92 Å². The molecule has 0 aromatic carbocycles. The first kappa shape index (κ1) is 11.4. The van der Waals surface area contributed by atoms with Crippen LogP contribution in [0.4, 0.5) is 0 Å². The van der Waals surface area contributed by atoms with Crippen LogP contribution in [-0.4, -0.2) is 15.6 Å². The molecule has 0 aliphatic carbocycles. The van der Waals surface area contributed by atoms with Gasteiger partial charge in [0.05, 0.1) is 4.83 Å². The number of aromatic nitrogens is 1. The number of alkyl halides is 1. The van der Waals surface area contributed by atoms with Crippen molar-refractivity contribution in [2.45, 2.75) is 25.1 Å². The van der Waals surface area contributed by atoms with Gasteiger partial charge in [-0.2, -0.15) is 0 Å². The normalized spacial score (nSPS) is 12.9. The predicted molar refractivity (Wildman–Crippen MR) is 60.5 cm³/mol. The van der Waals surface area contributed by atoms with Gasteiger partial charge in [0, 0.05) is 18.3 Å². The molecule has 0 aliphatic rings. The Kier molecular flexibility index (Phi) is 4.26. The smallest absolute Gasteiger partial charge is 0.149 e. The molecule has 0 fully saturated rings. The zero-order chi connectivity index (χ0) is 10.6. The van der Waals surface area contributed by atoms with Crippen molar-refractivity contribution >= 4 is 21.7 Å². The SMILES string of the molecule is CC(C)C(=O)C(Br)Cc1cccnc1. The molecule has 1 heterocycles. The number of rotatable bonds is 4. The van der Waals surface area contributed by atoms with Gasteiger partial charge in [-0.05, 0) is 18.1 Å². The minimum atomic E-state index is -0.0910. The highest BCUT2D eigenvalue weighted by Gasteiger charge is 2.18. The average Bonchev–Trinajstić information content (AvgIpc) is 2.18. The van der Waals surface area contributed by atoms with Gasteiger partial charge >= 0.3 is 0 Å². The summed E-state index contributed by atoms with van der Waals surface area (Å²) in [5.41, 5.74) is 1.09. The summed E-state index contributed by atoms with van der Waals surface area (Å²) in [7, 11) is 0. The van der Waals surface area contributed by atoms with E-state index in [1.165, 1.54) is 0 Å². The Morgan fingerprint density at radius 3 is 2.79 bits per heavy atom. The summed E-state index contributed by atoms with van der Waals surface area (Å²) in [6, 6.07) is 3.86. The third-order valence-corrected chi connectivity index (χ3v) is 2.79. The van der Waals surface area contributed by atoms with Gasteiger partial charge in [0.15, 0.2) is 0 Å². The first-order valence-corrected chi connectivity index (χ1v) is 5.59. The Labute approximate surface area is 92.9 Å². The molecule has 1 aromatic rings. The molecule has 0 spiro atoms. The summed E-state index contributed by atoms with van der Waals surface area (Å²) in [5.74, 6) is 0.324. The first-order valence-electron chi connectivity index (χ1n) is 4.68. The summed E-state index contributed by atoms with van der Waals surface area (Å²) >= 11 is 3.40. The van der Waals surface area contributed by atoms with E-state index in [2.05, 4.69) is 20.9 Å².